The summed E-state index contributed by atoms with van der Waals surface area (Å²) in [4.78, 5) is 11.3. The van der Waals surface area contributed by atoms with E-state index in [-0.39, 0.29) is 11.6 Å². The smallest absolute Gasteiger partial charge is 0.340 e. The van der Waals surface area contributed by atoms with Gasteiger partial charge in [0.1, 0.15) is 5.82 Å². The lowest BCUT2D eigenvalue weighted by atomic mass is 10.0. The lowest BCUT2D eigenvalue weighted by Gasteiger charge is -2.22. The van der Waals surface area contributed by atoms with Gasteiger partial charge in [0, 0.05) is 19.2 Å². The molecule has 0 heterocycles. The molecule has 21 heavy (non-hydrogen) atoms. The van der Waals surface area contributed by atoms with E-state index in [1.54, 1.807) is 6.07 Å². The Morgan fingerprint density at radius 2 is 2.10 bits per heavy atom. The van der Waals surface area contributed by atoms with E-state index in [0.29, 0.717) is 25.7 Å². The van der Waals surface area contributed by atoms with E-state index in [9.17, 15) is 9.18 Å². The van der Waals surface area contributed by atoms with Gasteiger partial charge in [-0.2, -0.15) is 0 Å². The molecule has 1 aromatic rings. The van der Waals surface area contributed by atoms with Crippen LogP contribution >= 0.6 is 0 Å². The Hall–Kier alpha value is -1.46. The molecule has 0 saturated heterocycles. The van der Waals surface area contributed by atoms with Crippen LogP contribution in [0, 0.1) is 11.7 Å². The molecule has 0 aliphatic heterocycles. The summed E-state index contributed by atoms with van der Waals surface area (Å²) in [6.07, 6.45) is 0. The number of halogens is 1. The highest BCUT2D eigenvalue weighted by Gasteiger charge is 2.15. The zero-order chi connectivity index (χ0) is 15.8. The third-order valence-electron chi connectivity index (χ3n) is 3.31. The van der Waals surface area contributed by atoms with Crippen molar-refractivity contribution >= 4 is 5.97 Å². The zero-order valence-electron chi connectivity index (χ0n) is 13.1. The normalized spacial score (nSPS) is 12.5. The van der Waals surface area contributed by atoms with E-state index >= 15 is 0 Å². The largest absolute Gasteiger partial charge is 0.465 e. The summed E-state index contributed by atoms with van der Waals surface area (Å²) >= 11 is 0. The maximum atomic E-state index is 13.8. The van der Waals surface area contributed by atoms with Crippen LogP contribution in [0.1, 0.15) is 36.7 Å². The fraction of sp³-hybridized carbons (Fsp3) is 0.562. The van der Waals surface area contributed by atoms with E-state index in [4.69, 9.17) is 4.74 Å². The fourth-order valence-electron chi connectivity index (χ4n) is 1.92. The Bertz CT molecular complexity index is 463. The van der Waals surface area contributed by atoms with Gasteiger partial charge in [0.05, 0.1) is 19.3 Å². The number of methoxy groups -OCH3 is 1. The molecular formula is C16H24FNO3. The van der Waals surface area contributed by atoms with Gasteiger partial charge >= 0.3 is 5.97 Å². The van der Waals surface area contributed by atoms with Gasteiger partial charge < -0.3 is 14.8 Å². The summed E-state index contributed by atoms with van der Waals surface area (Å²) in [5.41, 5.74) is 0.735. The van der Waals surface area contributed by atoms with E-state index < -0.39 is 11.8 Å². The molecule has 1 N–H and O–H groups in total. The van der Waals surface area contributed by atoms with Crippen LogP contribution in [-0.4, -0.2) is 32.3 Å². The van der Waals surface area contributed by atoms with Crippen molar-refractivity contribution in [3.8, 4) is 0 Å². The average Bonchev–Trinajstić information content (AvgIpc) is 2.46. The van der Waals surface area contributed by atoms with Crippen molar-refractivity contribution in [3.05, 3.63) is 35.1 Å². The number of esters is 1. The van der Waals surface area contributed by atoms with Gasteiger partial charge in [-0.3, -0.25) is 0 Å². The highest BCUT2D eigenvalue weighted by atomic mass is 19.1. The van der Waals surface area contributed by atoms with Crippen LogP contribution in [-0.2, 0) is 16.0 Å². The number of carbonyl (C=O) groups is 1. The van der Waals surface area contributed by atoms with E-state index in [1.807, 2.05) is 6.92 Å². The molecule has 0 radical (unpaired) electrons. The Labute approximate surface area is 125 Å². The van der Waals surface area contributed by atoms with Crippen LogP contribution in [0.4, 0.5) is 4.39 Å². The van der Waals surface area contributed by atoms with Crippen molar-refractivity contribution in [2.75, 3.05) is 20.3 Å². The first-order valence-corrected chi connectivity index (χ1v) is 7.17. The number of carbonyl (C=O) groups excluding carboxylic acids is 1. The summed E-state index contributed by atoms with van der Waals surface area (Å²) in [6, 6.07) is 4.73. The minimum Gasteiger partial charge on any atom is -0.465 e. The summed E-state index contributed by atoms with van der Waals surface area (Å²) in [5, 5.41) is 3.35. The molecule has 0 spiro atoms. The summed E-state index contributed by atoms with van der Waals surface area (Å²) in [7, 11) is 1.23. The summed E-state index contributed by atoms with van der Waals surface area (Å²) < 4.78 is 23.8. The highest BCUT2D eigenvalue weighted by Crippen LogP contribution is 2.12. The quantitative estimate of drug-likeness (QED) is 0.750. The van der Waals surface area contributed by atoms with Crippen LogP contribution in [0.15, 0.2) is 18.2 Å². The Balaban J connectivity index is 2.66. The Morgan fingerprint density at radius 3 is 2.62 bits per heavy atom. The number of hydrogen-bond donors (Lipinski definition) is 1. The van der Waals surface area contributed by atoms with Gasteiger partial charge in [0.25, 0.3) is 0 Å². The third-order valence-corrected chi connectivity index (χ3v) is 3.31. The number of benzene rings is 1. The number of nitrogens with one attached hydrogen (secondary N) is 1. The van der Waals surface area contributed by atoms with Crippen molar-refractivity contribution in [2.45, 2.75) is 33.4 Å². The first-order valence-electron chi connectivity index (χ1n) is 7.17. The van der Waals surface area contributed by atoms with Crippen LogP contribution < -0.4 is 5.32 Å². The van der Waals surface area contributed by atoms with Gasteiger partial charge in [-0.25, -0.2) is 9.18 Å². The molecule has 0 saturated carbocycles. The molecular weight excluding hydrogens is 273 g/mol. The number of ether oxygens (including phenoxy) is 2. The van der Waals surface area contributed by atoms with Gasteiger partial charge in [0.15, 0.2) is 0 Å². The molecule has 0 amide bonds. The Kier molecular flexibility index (Phi) is 7.32. The minimum absolute atomic E-state index is 0.0454. The minimum atomic E-state index is -0.664. The molecule has 5 heteroatoms. The van der Waals surface area contributed by atoms with Crippen molar-refractivity contribution in [3.63, 3.8) is 0 Å². The third kappa shape index (κ3) is 5.44. The maximum Gasteiger partial charge on any atom is 0.340 e. The molecule has 1 unspecified atom stereocenters. The lowest BCUT2D eigenvalue weighted by molar-refractivity contribution is 0.0595. The summed E-state index contributed by atoms with van der Waals surface area (Å²) in [6.45, 7) is 7.99. The first-order chi connectivity index (χ1) is 9.99. The molecule has 0 bridgehead atoms. The monoisotopic (exact) mass is 297 g/mol. The lowest BCUT2D eigenvalue weighted by Crippen LogP contribution is -2.37. The predicted octanol–water partition coefficient (Wildman–Crippen LogP) is 2.76. The van der Waals surface area contributed by atoms with E-state index in [2.05, 4.69) is 23.9 Å². The van der Waals surface area contributed by atoms with Crippen LogP contribution in [0.25, 0.3) is 0 Å². The topological polar surface area (TPSA) is 47.6 Å². The molecule has 1 atom stereocenters. The number of hydrogen-bond acceptors (Lipinski definition) is 4. The van der Waals surface area contributed by atoms with Crippen LogP contribution in [0.3, 0.4) is 0 Å². The van der Waals surface area contributed by atoms with Crippen molar-refractivity contribution in [2.24, 2.45) is 5.92 Å². The number of rotatable bonds is 8. The maximum absolute atomic E-state index is 13.8. The van der Waals surface area contributed by atoms with Crippen LogP contribution in [0.5, 0.6) is 0 Å². The molecule has 0 aliphatic rings. The summed E-state index contributed by atoms with van der Waals surface area (Å²) in [5.74, 6) is -0.814. The fourth-order valence-corrected chi connectivity index (χ4v) is 1.92. The van der Waals surface area contributed by atoms with Crippen LogP contribution in [0.2, 0.25) is 0 Å². The predicted molar refractivity (Wildman–Crippen MR) is 79.7 cm³/mol. The SMILES string of the molecule is CCOCC(NCc1ccc(C(=O)OC)c(F)c1)C(C)C. The van der Waals surface area contributed by atoms with Gasteiger partial charge in [-0.1, -0.05) is 19.9 Å². The standard InChI is InChI=1S/C16H24FNO3/c1-5-21-10-15(11(2)3)18-9-12-6-7-13(14(17)8-12)16(19)20-4/h6-8,11,15,18H,5,9-10H2,1-4H3. The molecule has 1 aromatic carbocycles. The van der Waals surface area contributed by atoms with Gasteiger partial charge in [-0.05, 0) is 30.5 Å². The molecule has 1 rings (SSSR count). The second kappa shape index (κ2) is 8.74. The second-order valence-corrected chi connectivity index (χ2v) is 5.20. The molecule has 0 aromatic heterocycles. The molecule has 0 fully saturated rings. The van der Waals surface area contributed by atoms with Crippen molar-refractivity contribution < 1.29 is 18.7 Å². The van der Waals surface area contributed by atoms with Crippen molar-refractivity contribution in [1.82, 2.24) is 5.32 Å². The molecule has 0 aliphatic carbocycles. The molecule has 4 nitrogen and oxygen atoms in total. The van der Waals surface area contributed by atoms with Gasteiger partial charge in [0.2, 0.25) is 0 Å². The molecule has 118 valence electrons. The van der Waals surface area contributed by atoms with E-state index in [0.717, 1.165) is 5.56 Å². The zero-order valence-corrected chi connectivity index (χ0v) is 13.1. The Morgan fingerprint density at radius 1 is 1.38 bits per heavy atom. The highest BCUT2D eigenvalue weighted by molar-refractivity contribution is 5.89. The second-order valence-electron chi connectivity index (χ2n) is 5.20. The van der Waals surface area contributed by atoms with E-state index in [1.165, 1.54) is 19.2 Å². The van der Waals surface area contributed by atoms with Gasteiger partial charge in [-0.15, -0.1) is 0 Å². The average molecular weight is 297 g/mol. The van der Waals surface area contributed by atoms with Crippen molar-refractivity contribution in [1.29, 1.82) is 0 Å². The first kappa shape index (κ1) is 17.6.